The lowest BCUT2D eigenvalue weighted by atomic mass is 10.1. The van der Waals surface area contributed by atoms with E-state index in [-0.39, 0.29) is 0 Å². The van der Waals surface area contributed by atoms with E-state index in [0.717, 1.165) is 12.3 Å². The molecule has 0 unspecified atom stereocenters. The molecule has 1 aliphatic heterocycles. The van der Waals surface area contributed by atoms with Gasteiger partial charge in [-0.25, -0.2) is 0 Å². The fourth-order valence-electron chi connectivity index (χ4n) is 2.03. The van der Waals surface area contributed by atoms with Crippen LogP contribution in [0.1, 0.15) is 5.56 Å². The van der Waals surface area contributed by atoms with Gasteiger partial charge in [0.15, 0.2) is 0 Å². The predicted octanol–water partition coefficient (Wildman–Crippen LogP) is 3.14. The van der Waals surface area contributed by atoms with E-state index in [1.54, 1.807) is 6.26 Å². The quantitative estimate of drug-likeness (QED) is 0.663. The molecule has 2 aromatic rings. The molecule has 80 valence electrons. The highest BCUT2D eigenvalue weighted by molar-refractivity contribution is 5.85. The minimum atomic E-state index is 0.886. The first-order valence-corrected chi connectivity index (χ1v) is 5.38. The van der Waals surface area contributed by atoms with E-state index in [2.05, 4.69) is 35.2 Å². The fraction of sp³-hybridized carbons (Fsp3) is 0.143. The van der Waals surface area contributed by atoms with E-state index in [1.165, 1.54) is 16.3 Å². The highest BCUT2D eigenvalue weighted by Gasteiger charge is 2.09. The van der Waals surface area contributed by atoms with Gasteiger partial charge >= 0.3 is 0 Å². The van der Waals surface area contributed by atoms with Gasteiger partial charge in [-0.3, -0.25) is 0 Å². The molecule has 0 aromatic heterocycles. The van der Waals surface area contributed by atoms with Crippen LogP contribution in [0.3, 0.4) is 0 Å². The average Bonchev–Trinajstić information content (AvgIpc) is 2.46. The molecule has 3 rings (SSSR count). The summed E-state index contributed by atoms with van der Waals surface area (Å²) in [4.78, 5) is 2.11. The highest BCUT2D eigenvalue weighted by atomic mass is 16.5. The SMILES string of the molecule is CN1C=COc2cc3ccccc3cc2C1. The standard InChI is InChI=1S/C14H13NO/c1-15-6-7-16-14-9-12-5-3-2-4-11(12)8-13(14)10-15/h2-9H,10H2,1H3. The Labute approximate surface area is 94.8 Å². The predicted molar refractivity (Wildman–Crippen MR) is 65.2 cm³/mol. The van der Waals surface area contributed by atoms with Crippen LogP contribution in [-0.2, 0) is 6.54 Å². The van der Waals surface area contributed by atoms with Crippen LogP contribution in [-0.4, -0.2) is 11.9 Å². The molecule has 0 atom stereocenters. The zero-order valence-corrected chi connectivity index (χ0v) is 9.18. The molecular weight excluding hydrogens is 198 g/mol. The second-order valence-corrected chi connectivity index (χ2v) is 4.13. The number of rotatable bonds is 0. The van der Waals surface area contributed by atoms with Gasteiger partial charge in [0.2, 0.25) is 0 Å². The summed E-state index contributed by atoms with van der Waals surface area (Å²) in [6.07, 6.45) is 3.69. The Morgan fingerprint density at radius 2 is 1.88 bits per heavy atom. The van der Waals surface area contributed by atoms with Crippen LogP contribution in [0.25, 0.3) is 10.8 Å². The van der Waals surface area contributed by atoms with Gasteiger partial charge in [0.05, 0.1) is 0 Å². The number of benzene rings is 2. The molecule has 2 aromatic carbocycles. The third-order valence-corrected chi connectivity index (χ3v) is 2.86. The Hall–Kier alpha value is -1.96. The monoisotopic (exact) mass is 211 g/mol. The highest BCUT2D eigenvalue weighted by Crippen LogP contribution is 2.28. The third-order valence-electron chi connectivity index (χ3n) is 2.86. The van der Waals surface area contributed by atoms with Gasteiger partial charge in [-0.15, -0.1) is 0 Å². The van der Waals surface area contributed by atoms with Crippen LogP contribution in [0.4, 0.5) is 0 Å². The van der Waals surface area contributed by atoms with Gasteiger partial charge in [0.1, 0.15) is 12.0 Å². The minimum Gasteiger partial charge on any atom is -0.463 e. The molecule has 0 radical (unpaired) electrons. The number of nitrogens with zero attached hydrogens (tertiary/aromatic N) is 1. The van der Waals surface area contributed by atoms with Crippen molar-refractivity contribution in [1.82, 2.24) is 4.90 Å². The maximum absolute atomic E-state index is 5.60. The summed E-state index contributed by atoms with van der Waals surface area (Å²) in [6, 6.07) is 12.7. The topological polar surface area (TPSA) is 12.5 Å². The molecule has 0 amide bonds. The van der Waals surface area contributed by atoms with Crippen molar-refractivity contribution in [2.45, 2.75) is 6.54 Å². The number of hydrogen-bond acceptors (Lipinski definition) is 2. The molecule has 0 saturated heterocycles. The molecule has 0 bridgehead atoms. The van der Waals surface area contributed by atoms with E-state index >= 15 is 0 Å². The summed E-state index contributed by atoms with van der Waals surface area (Å²) in [5.41, 5.74) is 1.23. The van der Waals surface area contributed by atoms with Gasteiger partial charge < -0.3 is 9.64 Å². The molecule has 16 heavy (non-hydrogen) atoms. The van der Waals surface area contributed by atoms with E-state index < -0.39 is 0 Å². The number of fused-ring (bicyclic) bond motifs is 2. The summed E-state index contributed by atoms with van der Waals surface area (Å²) >= 11 is 0. The van der Waals surface area contributed by atoms with Crippen LogP contribution in [0, 0.1) is 0 Å². The summed E-state index contributed by atoms with van der Waals surface area (Å²) in [7, 11) is 2.05. The molecule has 0 spiro atoms. The summed E-state index contributed by atoms with van der Waals surface area (Å²) in [6.45, 7) is 0.886. The van der Waals surface area contributed by atoms with Gasteiger partial charge in [0, 0.05) is 25.4 Å². The van der Waals surface area contributed by atoms with Crippen molar-refractivity contribution in [3.8, 4) is 5.75 Å². The van der Waals surface area contributed by atoms with E-state index in [4.69, 9.17) is 4.74 Å². The van der Waals surface area contributed by atoms with Crippen LogP contribution in [0.2, 0.25) is 0 Å². The molecule has 0 saturated carbocycles. The van der Waals surface area contributed by atoms with Gasteiger partial charge in [-0.2, -0.15) is 0 Å². The summed E-state index contributed by atoms with van der Waals surface area (Å²) in [5.74, 6) is 0.958. The van der Waals surface area contributed by atoms with Crippen LogP contribution in [0.5, 0.6) is 5.75 Å². The van der Waals surface area contributed by atoms with Crippen LogP contribution < -0.4 is 4.74 Å². The molecular formula is C14H13NO. The smallest absolute Gasteiger partial charge is 0.132 e. The van der Waals surface area contributed by atoms with Gasteiger partial charge in [-0.05, 0) is 22.9 Å². The first-order chi connectivity index (χ1) is 7.83. The Kier molecular flexibility index (Phi) is 2.07. The lowest BCUT2D eigenvalue weighted by Crippen LogP contribution is -2.08. The molecule has 1 heterocycles. The van der Waals surface area contributed by atoms with Crippen molar-refractivity contribution in [1.29, 1.82) is 0 Å². The first kappa shape index (κ1) is 9.28. The van der Waals surface area contributed by atoms with E-state index in [0.29, 0.717) is 0 Å². The molecule has 0 aliphatic carbocycles. The Morgan fingerprint density at radius 3 is 2.69 bits per heavy atom. The van der Waals surface area contributed by atoms with Crippen molar-refractivity contribution in [2.24, 2.45) is 0 Å². The van der Waals surface area contributed by atoms with Crippen molar-refractivity contribution >= 4 is 10.8 Å². The largest absolute Gasteiger partial charge is 0.463 e. The summed E-state index contributed by atoms with van der Waals surface area (Å²) in [5, 5.41) is 2.49. The maximum Gasteiger partial charge on any atom is 0.132 e. The second-order valence-electron chi connectivity index (χ2n) is 4.13. The first-order valence-electron chi connectivity index (χ1n) is 5.38. The lowest BCUT2D eigenvalue weighted by Gasteiger charge is -2.12. The third kappa shape index (κ3) is 1.52. The average molecular weight is 211 g/mol. The summed E-state index contributed by atoms with van der Waals surface area (Å²) < 4.78 is 5.60. The Morgan fingerprint density at radius 1 is 1.12 bits per heavy atom. The second kappa shape index (κ2) is 3.56. The van der Waals surface area contributed by atoms with Gasteiger partial charge in [0.25, 0.3) is 0 Å². The van der Waals surface area contributed by atoms with Crippen molar-refractivity contribution in [3.63, 3.8) is 0 Å². The van der Waals surface area contributed by atoms with Crippen molar-refractivity contribution in [2.75, 3.05) is 7.05 Å². The maximum atomic E-state index is 5.60. The van der Waals surface area contributed by atoms with Crippen molar-refractivity contribution in [3.05, 3.63) is 54.4 Å². The minimum absolute atomic E-state index is 0.886. The number of ether oxygens (including phenoxy) is 1. The molecule has 2 heteroatoms. The van der Waals surface area contributed by atoms with E-state index in [1.807, 2.05) is 19.3 Å². The van der Waals surface area contributed by atoms with Crippen LogP contribution in [0.15, 0.2) is 48.9 Å². The van der Waals surface area contributed by atoms with E-state index in [9.17, 15) is 0 Å². The Bertz CT molecular complexity index is 560. The normalized spacial score (nSPS) is 14.4. The Balaban J connectivity index is 2.20. The van der Waals surface area contributed by atoms with Crippen LogP contribution >= 0.6 is 0 Å². The number of hydrogen-bond donors (Lipinski definition) is 0. The fourth-order valence-corrected chi connectivity index (χ4v) is 2.03. The van der Waals surface area contributed by atoms with Gasteiger partial charge in [-0.1, -0.05) is 24.3 Å². The molecule has 0 N–H and O–H groups in total. The molecule has 2 nitrogen and oxygen atoms in total. The molecule has 1 aliphatic rings. The zero-order chi connectivity index (χ0) is 11.0. The zero-order valence-electron chi connectivity index (χ0n) is 9.18. The lowest BCUT2D eigenvalue weighted by molar-refractivity contribution is 0.449. The molecule has 0 fully saturated rings. The van der Waals surface area contributed by atoms with Crippen molar-refractivity contribution < 1.29 is 4.74 Å².